The summed E-state index contributed by atoms with van der Waals surface area (Å²) in [4.78, 5) is 11.8. The van der Waals surface area contributed by atoms with Crippen LogP contribution >= 0.6 is 0 Å². The molecule has 1 aliphatic rings. The van der Waals surface area contributed by atoms with Gasteiger partial charge in [0.05, 0.1) is 0 Å². The van der Waals surface area contributed by atoms with Gasteiger partial charge in [0, 0.05) is 12.8 Å². The fourth-order valence-electron chi connectivity index (χ4n) is 2.80. The molecule has 0 spiro atoms. The molecule has 0 atom stereocenters. The van der Waals surface area contributed by atoms with Crippen LogP contribution in [0.25, 0.3) is 0 Å². The average Bonchev–Trinajstić information content (AvgIpc) is 2.38. The van der Waals surface area contributed by atoms with E-state index < -0.39 is 0 Å². The van der Waals surface area contributed by atoms with Gasteiger partial charge in [-0.1, -0.05) is 44.2 Å². The highest BCUT2D eigenvalue weighted by Gasteiger charge is 2.14. The van der Waals surface area contributed by atoms with E-state index >= 15 is 0 Å². The highest BCUT2D eigenvalue weighted by molar-refractivity contribution is 5.80. The quantitative estimate of drug-likeness (QED) is 0.759. The van der Waals surface area contributed by atoms with Gasteiger partial charge in [0.25, 0.3) is 0 Å². The molecule has 1 aromatic rings. The Balaban J connectivity index is 1.74. The first-order chi connectivity index (χ1) is 8.74. The summed E-state index contributed by atoms with van der Waals surface area (Å²) in [6, 6.07) is 6.36. The molecule has 18 heavy (non-hydrogen) atoms. The Morgan fingerprint density at radius 3 is 2.72 bits per heavy atom. The molecule has 2 rings (SSSR count). The third-order valence-electron chi connectivity index (χ3n) is 3.85. The average molecular weight is 248 g/mol. The second kappa shape index (κ2) is 6.67. The molecular weight excluding hydrogens is 227 g/mol. The van der Waals surface area contributed by atoms with E-state index in [4.69, 9.17) is 0 Å². The first-order valence-corrected chi connectivity index (χ1v) is 7.00. The number of carbonyl (C=O) groups is 1. The van der Waals surface area contributed by atoms with Crippen molar-refractivity contribution in [3.05, 3.63) is 35.6 Å². The van der Waals surface area contributed by atoms with E-state index in [1.165, 1.54) is 44.2 Å². The Kier molecular flexibility index (Phi) is 4.91. The molecule has 2 heteroatoms. The molecule has 1 fully saturated rings. The third-order valence-corrected chi connectivity index (χ3v) is 3.85. The summed E-state index contributed by atoms with van der Waals surface area (Å²) < 4.78 is 13.0. The van der Waals surface area contributed by atoms with Crippen molar-refractivity contribution in [1.29, 1.82) is 0 Å². The number of hydrogen-bond donors (Lipinski definition) is 0. The monoisotopic (exact) mass is 248 g/mol. The Labute approximate surface area is 108 Å². The minimum absolute atomic E-state index is 0.242. The Morgan fingerprint density at radius 1 is 1.22 bits per heavy atom. The Hall–Kier alpha value is -1.18. The normalized spacial score (nSPS) is 16.7. The van der Waals surface area contributed by atoms with Crippen molar-refractivity contribution in [3.8, 4) is 0 Å². The summed E-state index contributed by atoms with van der Waals surface area (Å²) >= 11 is 0. The zero-order chi connectivity index (χ0) is 12.8. The fourth-order valence-corrected chi connectivity index (χ4v) is 2.80. The van der Waals surface area contributed by atoms with Crippen molar-refractivity contribution in [3.63, 3.8) is 0 Å². The van der Waals surface area contributed by atoms with Gasteiger partial charge in [-0.05, 0) is 30.0 Å². The number of hydrogen-bond acceptors (Lipinski definition) is 1. The molecule has 0 aliphatic heterocycles. The van der Waals surface area contributed by atoms with Crippen molar-refractivity contribution in [2.75, 3.05) is 0 Å². The van der Waals surface area contributed by atoms with Crippen LogP contribution in [-0.4, -0.2) is 5.78 Å². The van der Waals surface area contributed by atoms with Gasteiger partial charge in [0.2, 0.25) is 0 Å². The van der Waals surface area contributed by atoms with Crippen LogP contribution in [0.2, 0.25) is 0 Å². The molecule has 0 amide bonds. The van der Waals surface area contributed by atoms with Gasteiger partial charge in [0.15, 0.2) is 0 Å². The second-order valence-corrected chi connectivity index (χ2v) is 5.39. The highest BCUT2D eigenvalue weighted by atomic mass is 19.1. The third kappa shape index (κ3) is 4.25. The molecule has 0 saturated heterocycles. The lowest BCUT2D eigenvalue weighted by atomic mass is 9.85. The lowest BCUT2D eigenvalue weighted by Gasteiger charge is -2.20. The SMILES string of the molecule is O=C(CCC1CCCCC1)Cc1cccc(F)c1. The summed E-state index contributed by atoms with van der Waals surface area (Å²) in [7, 11) is 0. The van der Waals surface area contributed by atoms with Crippen LogP contribution in [0.1, 0.15) is 50.5 Å². The molecule has 1 saturated carbocycles. The lowest BCUT2D eigenvalue weighted by Crippen LogP contribution is -2.10. The van der Waals surface area contributed by atoms with Gasteiger partial charge >= 0.3 is 0 Å². The van der Waals surface area contributed by atoms with E-state index in [1.807, 2.05) is 6.07 Å². The molecule has 1 nitrogen and oxygen atoms in total. The zero-order valence-electron chi connectivity index (χ0n) is 10.8. The van der Waals surface area contributed by atoms with Crippen LogP contribution in [0.5, 0.6) is 0 Å². The molecule has 1 aliphatic carbocycles. The van der Waals surface area contributed by atoms with Crippen molar-refractivity contribution in [2.24, 2.45) is 5.92 Å². The van der Waals surface area contributed by atoms with Gasteiger partial charge in [-0.2, -0.15) is 0 Å². The molecule has 0 N–H and O–H groups in total. The minimum atomic E-state index is -0.257. The number of Topliss-reactive ketones (excluding diaryl/α,β-unsaturated/α-hetero) is 1. The van der Waals surface area contributed by atoms with E-state index in [1.54, 1.807) is 6.07 Å². The molecular formula is C16H21FO. The first kappa shape index (κ1) is 13.3. The lowest BCUT2D eigenvalue weighted by molar-refractivity contribution is -0.118. The van der Waals surface area contributed by atoms with Crippen molar-refractivity contribution >= 4 is 5.78 Å². The van der Waals surface area contributed by atoms with E-state index in [2.05, 4.69) is 0 Å². The summed E-state index contributed by atoms with van der Waals surface area (Å²) in [6.45, 7) is 0. The Bertz CT molecular complexity index is 394. The van der Waals surface area contributed by atoms with Gasteiger partial charge in [-0.15, -0.1) is 0 Å². The fraction of sp³-hybridized carbons (Fsp3) is 0.562. The maximum atomic E-state index is 13.0. The van der Waals surface area contributed by atoms with Crippen LogP contribution < -0.4 is 0 Å². The maximum Gasteiger partial charge on any atom is 0.137 e. The van der Waals surface area contributed by atoms with Crippen LogP contribution in [0.15, 0.2) is 24.3 Å². The van der Waals surface area contributed by atoms with Gasteiger partial charge in [-0.25, -0.2) is 4.39 Å². The number of halogens is 1. The van der Waals surface area contributed by atoms with E-state index in [0.717, 1.165) is 17.9 Å². The van der Waals surface area contributed by atoms with Crippen molar-refractivity contribution in [2.45, 2.75) is 51.4 Å². The largest absolute Gasteiger partial charge is 0.299 e. The van der Waals surface area contributed by atoms with E-state index in [-0.39, 0.29) is 11.6 Å². The smallest absolute Gasteiger partial charge is 0.137 e. The predicted molar refractivity (Wildman–Crippen MR) is 70.9 cm³/mol. The topological polar surface area (TPSA) is 17.1 Å². The minimum Gasteiger partial charge on any atom is -0.299 e. The summed E-state index contributed by atoms with van der Waals surface area (Å²) in [5.41, 5.74) is 0.795. The molecule has 98 valence electrons. The molecule has 0 unspecified atom stereocenters. The zero-order valence-corrected chi connectivity index (χ0v) is 10.8. The van der Waals surface area contributed by atoms with Crippen LogP contribution in [0, 0.1) is 11.7 Å². The van der Waals surface area contributed by atoms with Crippen LogP contribution in [0.4, 0.5) is 4.39 Å². The number of ketones is 1. The van der Waals surface area contributed by atoms with E-state index in [9.17, 15) is 9.18 Å². The highest BCUT2D eigenvalue weighted by Crippen LogP contribution is 2.27. The maximum absolute atomic E-state index is 13.0. The predicted octanol–water partition coefficient (Wildman–Crippen LogP) is 4.30. The molecule has 0 heterocycles. The van der Waals surface area contributed by atoms with Gasteiger partial charge < -0.3 is 0 Å². The van der Waals surface area contributed by atoms with Gasteiger partial charge in [0.1, 0.15) is 11.6 Å². The van der Waals surface area contributed by atoms with Crippen LogP contribution in [-0.2, 0) is 11.2 Å². The molecule has 1 aromatic carbocycles. The molecule has 0 radical (unpaired) electrons. The summed E-state index contributed by atoms with van der Waals surface area (Å²) in [5.74, 6) is 0.731. The van der Waals surface area contributed by atoms with Crippen molar-refractivity contribution in [1.82, 2.24) is 0 Å². The van der Waals surface area contributed by atoms with E-state index in [0.29, 0.717) is 12.8 Å². The standard InChI is InChI=1S/C16H21FO/c17-15-8-4-7-14(11-15)12-16(18)10-9-13-5-2-1-3-6-13/h4,7-8,11,13H,1-3,5-6,9-10,12H2. The second-order valence-electron chi connectivity index (χ2n) is 5.39. The molecule has 0 bridgehead atoms. The number of benzene rings is 1. The molecule has 0 aromatic heterocycles. The summed E-state index contributed by atoms with van der Waals surface area (Å²) in [6.07, 6.45) is 8.62. The number of carbonyl (C=O) groups excluding carboxylic acids is 1. The van der Waals surface area contributed by atoms with Gasteiger partial charge in [-0.3, -0.25) is 4.79 Å². The Morgan fingerprint density at radius 2 is 2.00 bits per heavy atom. The first-order valence-electron chi connectivity index (χ1n) is 7.00. The number of rotatable bonds is 5. The van der Waals surface area contributed by atoms with Crippen LogP contribution in [0.3, 0.4) is 0 Å². The summed E-state index contributed by atoms with van der Waals surface area (Å²) in [5, 5.41) is 0. The van der Waals surface area contributed by atoms with Crippen molar-refractivity contribution < 1.29 is 9.18 Å².